The summed E-state index contributed by atoms with van der Waals surface area (Å²) in [6.07, 6.45) is 3.75. The second kappa shape index (κ2) is 8.28. The number of carbonyl (C=O) groups is 2. The van der Waals surface area contributed by atoms with Crippen molar-refractivity contribution >= 4 is 12.1 Å². The number of carbonyl (C=O) groups excluding carboxylic acids is 2. The van der Waals surface area contributed by atoms with Gasteiger partial charge in [-0.3, -0.25) is 4.98 Å². The lowest BCUT2D eigenvalue weighted by Crippen LogP contribution is -2.44. The first-order valence-corrected chi connectivity index (χ1v) is 8.27. The zero-order valence-electron chi connectivity index (χ0n) is 14.4. The molecule has 1 N–H and O–H groups in total. The summed E-state index contributed by atoms with van der Waals surface area (Å²) in [6.45, 7) is 2.02. The quantitative estimate of drug-likeness (QED) is 0.821. The molecule has 0 saturated carbocycles. The van der Waals surface area contributed by atoms with Gasteiger partial charge in [0, 0.05) is 44.6 Å². The Bertz CT molecular complexity index is 750. The third-order valence-electron chi connectivity index (χ3n) is 3.84. The minimum Gasteiger partial charge on any atom is -0.449 e. The molecule has 3 rings (SSSR count). The number of amides is 3. The van der Waals surface area contributed by atoms with E-state index in [4.69, 9.17) is 9.26 Å². The van der Waals surface area contributed by atoms with Crippen LogP contribution in [0.2, 0.25) is 0 Å². The molecule has 0 aliphatic carbocycles. The van der Waals surface area contributed by atoms with Crippen LogP contribution in [0.3, 0.4) is 0 Å². The zero-order chi connectivity index (χ0) is 18.4. The number of urea groups is 1. The molecule has 1 aliphatic heterocycles. The second-order valence-electron chi connectivity index (χ2n) is 5.79. The average molecular weight is 360 g/mol. The van der Waals surface area contributed by atoms with E-state index in [1.807, 2.05) is 0 Å². The van der Waals surface area contributed by atoms with Crippen molar-refractivity contribution in [1.29, 1.82) is 0 Å². The molecule has 1 fully saturated rings. The summed E-state index contributed by atoms with van der Waals surface area (Å²) < 4.78 is 10.1. The summed E-state index contributed by atoms with van der Waals surface area (Å²) in [4.78, 5) is 34.9. The van der Waals surface area contributed by atoms with Crippen LogP contribution in [0.5, 0.6) is 0 Å². The fourth-order valence-electron chi connectivity index (χ4n) is 2.45. The Morgan fingerprint density at radius 2 is 2.19 bits per heavy atom. The van der Waals surface area contributed by atoms with Crippen molar-refractivity contribution in [3.05, 3.63) is 30.4 Å². The molecule has 26 heavy (non-hydrogen) atoms. The standard InChI is InChI=1S/C16H20N6O4/c1-21(15(23)18-7-9-22-8-2-10-25-16(22)24)11-13-19-14(20-26-13)12-3-5-17-6-4-12/h3-6H,2,7-11H2,1H3,(H,18,23). The Morgan fingerprint density at radius 1 is 1.38 bits per heavy atom. The lowest BCUT2D eigenvalue weighted by Gasteiger charge is -2.26. The maximum absolute atomic E-state index is 12.1. The van der Waals surface area contributed by atoms with E-state index in [2.05, 4.69) is 20.4 Å². The number of ether oxygens (including phenoxy) is 1. The van der Waals surface area contributed by atoms with Gasteiger partial charge in [-0.2, -0.15) is 4.98 Å². The largest absolute Gasteiger partial charge is 0.449 e. The zero-order valence-corrected chi connectivity index (χ0v) is 14.4. The van der Waals surface area contributed by atoms with Gasteiger partial charge in [-0.05, 0) is 18.6 Å². The van der Waals surface area contributed by atoms with Crippen molar-refractivity contribution in [3.63, 3.8) is 0 Å². The molecule has 0 spiro atoms. The second-order valence-corrected chi connectivity index (χ2v) is 5.79. The summed E-state index contributed by atoms with van der Waals surface area (Å²) in [5, 5.41) is 6.65. The van der Waals surface area contributed by atoms with Crippen LogP contribution in [0.1, 0.15) is 12.3 Å². The summed E-state index contributed by atoms with van der Waals surface area (Å²) in [7, 11) is 1.63. The molecule has 3 amide bonds. The molecule has 0 atom stereocenters. The highest BCUT2D eigenvalue weighted by Crippen LogP contribution is 2.14. The third-order valence-corrected chi connectivity index (χ3v) is 3.84. The molecule has 0 radical (unpaired) electrons. The molecule has 0 aromatic carbocycles. The van der Waals surface area contributed by atoms with Gasteiger partial charge in [-0.25, -0.2) is 9.59 Å². The fraction of sp³-hybridized carbons (Fsp3) is 0.438. The number of aromatic nitrogens is 3. The van der Waals surface area contributed by atoms with Crippen molar-refractivity contribution < 1.29 is 18.8 Å². The van der Waals surface area contributed by atoms with Gasteiger partial charge in [0.05, 0.1) is 6.61 Å². The Kier molecular flexibility index (Phi) is 5.62. The average Bonchev–Trinajstić information content (AvgIpc) is 3.12. The Hall–Kier alpha value is -3.17. The molecular weight excluding hydrogens is 340 g/mol. The predicted molar refractivity (Wildman–Crippen MR) is 89.9 cm³/mol. The predicted octanol–water partition coefficient (Wildman–Crippen LogP) is 1.12. The Balaban J connectivity index is 1.45. The van der Waals surface area contributed by atoms with Crippen LogP contribution in [0.4, 0.5) is 9.59 Å². The van der Waals surface area contributed by atoms with Crippen LogP contribution < -0.4 is 5.32 Å². The van der Waals surface area contributed by atoms with E-state index < -0.39 is 0 Å². The van der Waals surface area contributed by atoms with Gasteiger partial charge in [0.2, 0.25) is 11.7 Å². The van der Waals surface area contributed by atoms with Gasteiger partial charge >= 0.3 is 12.1 Å². The summed E-state index contributed by atoms with van der Waals surface area (Å²) >= 11 is 0. The van der Waals surface area contributed by atoms with Crippen molar-refractivity contribution in [2.75, 3.05) is 33.3 Å². The van der Waals surface area contributed by atoms with Gasteiger partial charge in [0.1, 0.15) is 6.54 Å². The lowest BCUT2D eigenvalue weighted by molar-refractivity contribution is 0.0733. The van der Waals surface area contributed by atoms with Gasteiger partial charge < -0.3 is 24.4 Å². The number of hydrogen-bond acceptors (Lipinski definition) is 7. The molecule has 1 saturated heterocycles. The number of hydrogen-bond donors (Lipinski definition) is 1. The van der Waals surface area contributed by atoms with Crippen molar-refractivity contribution in [2.24, 2.45) is 0 Å². The highest BCUT2D eigenvalue weighted by molar-refractivity contribution is 5.74. The summed E-state index contributed by atoms with van der Waals surface area (Å²) in [5.41, 5.74) is 0.788. The summed E-state index contributed by atoms with van der Waals surface area (Å²) in [6, 6.07) is 3.26. The first-order chi connectivity index (χ1) is 12.6. The molecular formula is C16H20N6O4. The topological polar surface area (TPSA) is 114 Å². The van der Waals surface area contributed by atoms with Gasteiger partial charge in [-0.1, -0.05) is 5.16 Å². The molecule has 138 valence electrons. The van der Waals surface area contributed by atoms with Crippen molar-refractivity contribution in [3.8, 4) is 11.4 Å². The normalized spacial score (nSPS) is 14.0. The molecule has 10 heteroatoms. The Morgan fingerprint density at radius 3 is 2.96 bits per heavy atom. The summed E-state index contributed by atoms with van der Waals surface area (Å²) in [5.74, 6) is 0.772. The van der Waals surface area contributed by atoms with Crippen molar-refractivity contribution in [2.45, 2.75) is 13.0 Å². The van der Waals surface area contributed by atoms with Gasteiger partial charge in [0.25, 0.3) is 0 Å². The number of rotatable bonds is 6. The molecule has 1 aliphatic rings. The van der Waals surface area contributed by atoms with E-state index in [-0.39, 0.29) is 18.7 Å². The molecule has 2 aromatic heterocycles. The molecule has 3 heterocycles. The minimum atomic E-state index is -0.339. The van der Waals surface area contributed by atoms with Crippen molar-refractivity contribution in [1.82, 2.24) is 30.2 Å². The van der Waals surface area contributed by atoms with E-state index >= 15 is 0 Å². The van der Waals surface area contributed by atoms with Crippen LogP contribution in [0.15, 0.2) is 29.0 Å². The van der Waals surface area contributed by atoms with Crippen LogP contribution in [0, 0.1) is 0 Å². The maximum Gasteiger partial charge on any atom is 0.409 e. The number of pyridine rings is 1. The third kappa shape index (κ3) is 4.47. The fourth-order valence-corrected chi connectivity index (χ4v) is 2.45. The first kappa shape index (κ1) is 17.6. The number of nitrogens with zero attached hydrogens (tertiary/aromatic N) is 5. The van der Waals surface area contributed by atoms with Gasteiger partial charge in [-0.15, -0.1) is 0 Å². The monoisotopic (exact) mass is 360 g/mol. The molecule has 0 unspecified atom stereocenters. The smallest absolute Gasteiger partial charge is 0.409 e. The van der Waals surface area contributed by atoms with Gasteiger partial charge in [0.15, 0.2) is 0 Å². The van der Waals surface area contributed by atoms with Crippen LogP contribution in [-0.4, -0.2) is 70.3 Å². The van der Waals surface area contributed by atoms with Crippen LogP contribution >= 0.6 is 0 Å². The van der Waals surface area contributed by atoms with E-state index in [1.165, 1.54) is 4.90 Å². The minimum absolute atomic E-state index is 0.176. The number of nitrogens with one attached hydrogen (secondary N) is 1. The SMILES string of the molecule is CN(Cc1nc(-c2ccncc2)no1)C(=O)NCCN1CCCOC1=O. The lowest BCUT2D eigenvalue weighted by atomic mass is 10.2. The number of cyclic esters (lactones) is 1. The van der Waals surface area contributed by atoms with E-state index in [1.54, 1.807) is 36.5 Å². The highest BCUT2D eigenvalue weighted by atomic mass is 16.6. The van der Waals surface area contributed by atoms with E-state index in [9.17, 15) is 9.59 Å². The first-order valence-electron chi connectivity index (χ1n) is 8.27. The maximum atomic E-state index is 12.1. The van der Waals surface area contributed by atoms with E-state index in [0.29, 0.717) is 38.0 Å². The van der Waals surface area contributed by atoms with E-state index in [0.717, 1.165) is 12.0 Å². The van der Waals surface area contributed by atoms with Crippen LogP contribution in [-0.2, 0) is 11.3 Å². The Labute approximate surface area is 150 Å². The molecule has 10 nitrogen and oxygen atoms in total. The van der Waals surface area contributed by atoms with Crippen LogP contribution in [0.25, 0.3) is 11.4 Å². The molecule has 0 bridgehead atoms. The highest BCUT2D eigenvalue weighted by Gasteiger charge is 2.20. The molecule has 2 aromatic rings.